The Morgan fingerprint density at radius 3 is 2.53 bits per heavy atom. The minimum atomic E-state index is -0.701. The van der Waals surface area contributed by atoms with Gasteiger partial charge in [0.2, 0.25) is 11.8 Å². The zero-order chi connectivity index (χ0) is 21.3. The molecule has 3 aliphatic heterocycles. The molecule has 0 radical (unpaired) electrons. The Bertz CT molecular complexity index is 853. The number of hydrogen-bond donors (Lipinski definition) is 2. The van der Waals surface area contributed by atoms with E-state index in [9.17, 15) is 14.4 Å². The second-order valence-electron chi connectivity index (χ2n) is 8.60. The highest BCUT2D eigenvalue weighted by Crippen LogP contribution is 2.33. The maximum Gasteiger partial charge on any atom is 0.255 e. The fourth-order valence-corrected chi connectivity index (χ4v) is 4.93. The summed E-state index contributed by atoms with van der Waals surface area (Å²) in [6.07, 6.45) is 5.63. The molecule has 0 saturated carbocycles. The van der Waals surface area contributed by atoms with E-state index >= 15 is 0 Å². The predicted octanol–water partition coefficient (Wildman–Crippen LogP) is 3.00. The lowest BCUT2D eigenvalue weighted by Gasteiger charge is -2.40. The van der Waals surface area contributed by atoms with Crippen molar-refractivity contribution < 1.29 is 14.4 Å². The molecule has 1 aromatic rings. The Kier molecular flexibility index (Phi) is 5.91. The summed E-state index contributed by atoms with van der Waals surface area (Å²) in [7, 11) is 0. The van der Waals surface area contributed by atoms with Crippen LogP contribution in [0.3, 0.4) is 0 Å². The lowest BCUT2D eigenvalue weighted by molar-refractivity contribution is -0.144. The average molecular weight is 433 g/mol. The third kappa shape index (κ3) is 4.13. The van der Waals surface area contributed by atoms with E-state index in [-0.39, 0.29) is 24.1 Å². The highest BCUT2D eigenvalue weighted by molar-refractivity contribution is 6.31. The molecule has 4 rings (SSSR count). The van der Waals surface area contributed by atoms with Crippen molar-refractivity contribution >= 4 is 35.0 Å². The highest BCUT2D eigenvalue weighted by atomic mass is 35.5. The summed E-state index contributed by atoms with van der Waals surface area (Å²) in [5.41, 5.74) is 0.524. The lowest BCUT2D eigenvalue weighted by Crippen LogP contribution is -2.58. The minimum absolute atomic E-state index is 0.0295. The van der Waals surface area contributed by atoms with Crippen LogP contribution in [0.5, 0.6) is 0 Å². The fraction of sp³-hybridized carbons (Fsp3) is 0.591. The smallest absolute Gasteiger partial charge is 0.255 e. The standard InChI is InChI=1S/C22H29ClN4O3/c1-15(21(30)26-11-4-2-3-5-12-26)27-13-10-22(9-8-19(27)28)24-18-7-6-16(23)14-17(18)20(29)25-22/h6-7,14-15,24H,2-5,8-13H2,1H3,(H,25,29). The zero-order valence-corrected chi connectivity index (χ0v) is 18.1. The van der Waals surface area contributed by atoms with E-state index in [2.05, 4.69) is 10.6 Å². The van der Waals surface area contributed by atoms with Crippen LogP contribution in [0.1, 0.15) is 62.2 Å². The average Bonchev–Trinajstić information content (AvgIpc) is 3.09. The van der Waals surface area contributed by atoms with Crippen molar-refractivity contribution in [1.82, 2.24) is 15.1 Å². The van der Waals surface area contributed by atoms with Gasteiger partial charge >= 0.3 is 0 Å². The van der Waals surface area contributed by atoms with Crippen LogP contribution in [0.2, 0.25) is 5.02 Å². The lowest BCUT2D eigenvalue weighted by atomic mass is 9.95. The second kappa shape index (κ2) is 8.46. The summed E-state index contributed by atoms with van der Waals surface area (Å²) in [4.78, 5) is 42.3. The van der Waals surface area contributed by atoms with E-state index in [1.807, 2.05) is 11.8 Å². The van der Waals surface area contributed by atoms with Crippen molar-refractivity contribution in [3.63, 3.8) is 0 Å². The number of carbonyl (C=O) groups is 3. The summed E-state index contributed by atoms with van der Waals surface area (Å²) < 4.78 is 0. The number of hydrogen-bond acceptors (Lipinski definition) is 4. The summed E-state index contributed by atoms with van der Waals surface area (Å²) in [6.45, 7) is 3.78. The molecule has 3 heterocycles. The molecule has 1 spiro atoms. The van der Waals surface area contributed by atoms with Crippen molar-refractivity contribution in [2.45, 2.75) is 63.6 Å². The van der Waals surface area contributed by atoms with E-state index in [1.54, 1.807) is 23.1 Å². The van der Waals surface area contributed by atoms with Gasteiger partial charge in [0.1, 0.15) is 11.7 Å². The van der Waals surface area contributed by atoms with Gasteiger partial charge in [0.25, 0.3) is 5.91 Å². The van der Waals surface area contributed by atoms with Crippen LogP contribution >= 0.6 is 11.6 Å². The van der Waals surface area contributed by atoms with Gasteiger partial charge in [-0.3, -0.25) is 14.4 Å². The Hall–Kier alpha value is -2.28. The Morgan fingerprint density at radius 2 is 1.80 bits per heavy atom. The van der Waals surface area contributed by atoms with Crippen LogP contribution in [0.25, 0.3) is 0 Å². The molecule has 1 aromatic carbocycles. The van der Waals surface area contributed by atoms with Gasteiger partial charge in [-0.1, -0.05) is 24.4 Å². The van der Waals surface area contributed by atoms with Gasteiger partial charge in [-0.2, -0.15) is 0 Å². The number of likely N-dealkylation sites (tertiary alicyclic amines) is 2. The summed E-state index contributed by atoms with van der Waals surface area (Å²) in [6, 6.07) is 4.70. The predicted molar refractivity (Wildman–Crippen MR) is 115 cm³/mol. The van der Waals surface area contributed by atoms with Crippen LogP contribution in [-0.4, -0.2) is 58.9 Å². The van der Waals surface area contributed by atoms with E-state index in [0.717, 1.165) is 44.5 Å². The van der Waals surface area contributed by atoms with Crippen molar-refractivity contribution in [1.29, 1.82) is 0 Å². The van der Waals surface area contributed by atoms with Gasteiger partial charge in [-0.25, -0.2) is 0 Å². The number of benzene rings is 1. The second-order valence-corrected chi connectivity index (χ2v) is 9.04. The normalized spacial score (nSPS) is 25.7. The molecule has 2 unspecified atom stereocenters. The summed E-state index contributed by atoms with van der Waals surface area (Å²) >= 11 is 6.03. The Labute approximate surface area is 182 Å². The van der Waals surface area contributed by atoms with Crippen LogP contribution in [0, 0.1) is 0 Å². The molecule has 8 heteroatoms. The monoisotopic (exact) mass is 432 g/mol. The molecule has 0 bridgehead atoms. The summed E-state index contributed by atoms with van der Waals surface area (Å²) in [5.74, 6) is -0.205. The van der Waals surface area contributed by atoms with Gasteiger partial charge in [0, 0.05) is 43.2 Å². The molecule has 3 aliphatic rings. The number of carbonyl (C=O) groups excluding carboxylic acids is 3. The van der Waals surface area contributed by atoms with Crippen LogP contribution in [-0.2, 0) is 9.59 Å². The minimum Gasteiger partial charge on any atom is -0.362 e. The van der Waals surface area contributed by atoms with Gasteiger partial charge in [0.05, 0.1) is 5.56 Å². The third-order valence-corrected chi connectivity index (χ3v) is 6.80. The molecule has 162 valence electrons. The molecule has 2 fully saturated rings. The van der Waals surface area contributed by atoms with Crippen molar-refractivity contribution in [3.8, 4) is 0 Å². The van der Waals surface area contributed by atoms with Crippen molar-refractivity contribution in [2.75, 3.05) is 25.0 Å². The van der Waals surface area contributed by atoms with Gasteiger partial charge in [-0.15, -0.1) is 0 Å². The molecule has 0 aliphatic carbocycles. The van der Waals surface area contributed by atoms with Gasteiger partial charge < -0.3 is 20.4 Å². The number of fused-ring (bicyclic) bond motifs is 1. The first-order chi connectivity index (χ1) is 14.4. The SMILES string of the molecule is CC(C(=O)N1CCCCCC1)N1CCC2(CCC1=O)NC(=O)c1cc(Cl)ccc1N2. The molecular weight excluding hydrogens is 404 g/mol. The van der Waals surface area contributed by atoms with E-state index in [4.69, 9.17) is 11.6 Å². The molecule has 2 atom stereocenters. The molecule has 3 amide bonds. The number of amides is 3. The maximum absolute atomic E-state index is 13.1. The summed E-state index contributed by atoms with van der Waals surface area (Å²) in [5, 5.41) is 6.98. The first-order valence-corrected chi connectivity index (χ1v) is 11.2. The van der Waals surface area contributed by atoms with E-state index in [0.29, 0.717) is 30.0 Å². The quantitative estimate of drug-likeness (QED) is 0.752. The van der Waals surface area contributed by atoms with E-state index in [1.165, 1.54) is 0 Å². The molecule has 7 nitrogen and oxygen atoms in total. The van der Waals surface area contributed by atoms with Gasteiger partial charge in [-0.05, 0) is 44.4 Å². The first kappa shape index (κ1) is 21.0. The number of nitrogens with one attached hydrogen (secondary N) is 2. The highest BCUT2D eigenvalue weighted by Gasteiger charge is 2.42. The third-order valence-electron chi connectivity index (χ3n) is 6.56. The number of halogens is 1. The number of rotatable bonds is 2. The topological polar surface area (TPSA) is 81.8 Å². The van der Waals surface area contributed by atoms with Crippen LogP contribution in [0.15, 0.2) is 18.2 Å². The van der Waals surface area contributed by atoms with E-state index < -0.39 is 11.7 Å². The molecule has 30 heavy (non-hydrogen) atoms. The fourth-order valence-electron chi connectivity index (χ4n) is 4.76. The maximum atomic E-state index is 13.1. The number of nitrogens with zero attached hydrogens (tertiary/aromatic N) is 2. The van der Waals surface area contributed by atoms with Crippen LogP contribution < -0.4 is 10.6 Å². The zero-order valence-electron chi connectivity index (χ0n) is 17.4. The Morgan fingerprint density at radius 1 is 1.07 bits per heavy atom. The molecule has 2 saturated heterocycles. The first-order valence-electron chi connectivity index (χ1n) is 10.9. The number of anilines is 1. The van der Waals surface area contributed by atoms with Gasteiger partial charge in [0.15, 0.2) is 0 Å². The molecule has 0 aromatic heterocycles. The van der Waals surface area contributed by atoms with Crippen molar-refractivity contribution in [3.05, 3.63) is 28.8 Å². The molecular formula is C22H29ClN4O3. The Balaban J connectivity index is 1.48. The largest absolute Gasteiger partial charge is 0.362 e. The van der Waals surface area contributed by atoms with Crippen molar-refractivity contribution in [2.24, 2.45) is 0 Å². The van der Waals surface area contributed by atoms with Crippen LogP contribution in [0.4, 0.5) is 5.69 Å². The molecule has 2 N–H and O–H groups in total.